The van der Waals surface area contributed by atoms with Gasteiger partial charge in [0.2, 0.25) is 5.91 Å². The monoisotopic (exact) mass is 232 g/mol. The minimum absolute atomic E-state index is 0.000711. The Morgan fingerprint density at radius 2 is 2.06 bits per heavy atom. The highest BCUT2D eigenvalue weighted by Gasteiger charge is 2.34. The highest BCUT2D eigenvalue weighted by molar-refractivity contribution is 5.84. The van der Waals surface area contributed by atoms with E-state index in [0.717, 1.165) is 18.4 Å². The first-order valence-corrected chi connectivity index (χ1v) is 6.22. The Hall–Kier alpha value is -1.35. The minimum Gasteiger partial charge on any atom is -0.350 e. The highest BCUT2D eigenvalue weighted by atomic mass is 16.2. The van der Waals surface area contributed by atoms with Gasteiger partial charge in [-0.05, 0) is 31.7 Å². The van der Waals surface area contributed by atoms with E-state index in [1.54, 1.807) is 0 Å². The Labute approximate surface area is 102 Å². The number of carbonyl (C=O) groups is 1. The van der Waals surface area contributed by atoms with Gasteiger partial charge in [0.15, 0.2) is 0 Å². The summed E-state index contributed by atoms with van der Waals surface area (Å²) in [7, 11) is 0. The molecule has 92 valence electrons. The van der Waals surface area contributed by atoms with Crippen molar-refractivity contribution in [3.8, 4) is 0 Å². The van der Waals surface area contributed by atoms with Crippen molar-refractivity contribution in [3.05, 3.63) is 35.9 Å². The summed E-state index contributed by atoms with van der Waals surface area (Å²) in [5.74, 6) is -0.172. The predicted octanol–water partition coefficient (Wildman–Crippen LogP) is 1.79. The van der Waals surface area contributed by atoms with E-state index in [9.17, 15) is 4.79 Å². The molecule has 1 unspecified atom stereocenters. The Balaban J connectivity index is 2.05. The predicted molar refractivity (Wildman–Crippen MR) is 68.6 cm³/mol. The third-order valence-corrected chi connectivity index (χ3v) is 3.64. The molecule has 1 fully saturated rings. The normalized spacial score (nSPS) is 19.2. The molecule has 3 nitrogen and oxygen atoms in total. The van der Waals surface area contributed by atoms with Crippen LogP contribution >= 0.6 is 0 Å². The number of nitrogens with one attached hydrogen (secondary N) is 1. The van der Waals surface area contributed by atoms with Gasteiger partial charge in [-0.2, -0.15) is 0 Å². The van der Waals surface area contributed by atoms with Gasteiger partial charge in [-0.1, -0.05) is 30.3 Å². The summed E-state index contributed by atoms with van der Waals surface area (Å²) in [6, 6.07) is 9.75. The van der Waals surface area contributed by atoms with E-state index >= 15 is 0 Å². The maximum absolute atomic E-state index is 12.2. The Kier molecular flexibility index (Phi) is 3.48. The summed E-state index contributed by atoms with van der Waals surface area (Å²) in [4.78, 5) is 12.2. The molecule has 1 amide bonds. The molecule has 1 aromatic rings. The van der Waals surface area contributed by atoms with E-state index in [1.165, 1.54) is 6.42 Å². The van der Waals surface area contributed by atoms with Gasteiger partial charge < -0.3 is 11.1 Å². The van der Waals surface area contributed by atoms with Crippen LogP contribution in [0.15, 0.2) is 30.3 Å². The van der Waals surface area contributed by atoms with Crippen LogP contribution < -0.4 is 11.1 Å². The van der Waals surface area contributed by atoms with E-state index in [2.05, 4.69) is 12.2 Å². The van der Waals surface area contributed by atoms with E-state index in [0.29, 0.717) is 6.54 Å². The van der Waals surface area contributed by atoms with Crippen molar-refractivity contribution in [3.63, 3.8) is 0 Å². The van der Waals surface area contributed by atoms with E-state index < -0.39 is 0 Å². The maximum atomic E-state index is 12.2. The lowest BCUT2D eigenvalue weighted by Crippen LogP contribution is -2.53. The quantitative estimate of drug-likeness (QED) is 0.831. The average molecular weight is 232 g/mol. The van der Waals surface area contributed by atoms with Crippen molar-refractivity contribution in [2.75, 3.05) is 6.54 Å². The van der Waals surface area contributed by atoms with Crippen LogP contribution in [0.2, 0.25) is 0 Å². The van der Waals surface area contributed by atoms with Crippen molar-refractivity contribution in [2.24, 2.45) is 5.73 Å². The average Bonchev–Trinajstić information content (AvgIpc) is 2.29. The SMILES string of the molecule is CC1(NC(=O)C(CN)c2ccccc2)CCC1. The van der Waals surface area contributed by atoms with E-state index in [4.69, 9.17) is 5.73 Å². The van der Waals surface area contributed by atoms with Gasteiger partial charge in [-0.3, -0.25) is 4.79 Å². The van der Waals surface area contributed by atoms with Gasteiger partial charge in [-0.25, -0.2) is 0 Å². The summed E-state index contributed by atoms with van der Waals surface area (Å²) in [5.41, 5.74) is 6.72. The second kappa shape index (κ2) is 4.88. The lowest BCUT2D eigenvalue weighted by Gasteiger charge is -2.40. The molecule has 0 saturated heterocycles. The van der Waals surface area contributed by atoms with Crippen LogP contribution in [0.1, 0.15) is 37.7 Å². The summed E-state index contributed by atoms with van der Waals surface area (Å²) >= 11 is 0. The first-order chi connectivity index (χ1) is 8.14. The summed E-state index contributed by atoms with van der Waals surface area (Å²) in [6.45, 7) is 2.46. The lowest BCUT2D eigenvalue weighted by atomic mass is 9.78. The molecule has 1 atom stereocenters. The number of hydrogen-bond acceptors (Lipinski definition) is 2. The lowest BCUT2D eigenvalue weighted by molar-refractivity contribution is -0.125. The van der Waals surface area contributed by atoms with E-state index in [1.807, 2.05) is 30.3 Å². The molecule has 0 spiro atoms. The van der Waals surface area contributed by atoms with Crippen LogP contribution in [0.25, 0.3) is 0 Å². The Morgan fingerprint density at radius 1 is 1.41 bits per heavy atom. The molecule has 2 rings (SSSR count). The molecule has 1 aliphatic carbocycles. The fourth-order valence-corrected chi connectivity index (χ4v) is 2.30. The van der Waals surface area contributed by atoms with Gasteiger partial charge in [-0.15, -0.1) is 0 Å². The van der Waals surface area contributed by atoms with Crippen molar-refractivity contribution < 1.29 is 4.79 Å². The number of nitrogens with two attached hydrogens (primary N) is 1. The van der Waals surface area contributed by atoms with Gasteiger partial charge >= 0.3 is 0 Å². The summed E-state index contributed by atoms with van der Waals surface area (Å²) in [5, 5.41) is 3.12. The second-order valence-corrected chi connectivity index (χ2v) is 5.10. The van der Waals surface area contributed by atoms with Gasteiger partial charge in [0.25, 0.3) is 0 Å². The molecule has 17 heavy (non-hydrogen) atoms. The molecule has 3 heteroatoms. The highest BCUT2D eigenvalue weighted by Crippen LogP contribution is 2.31. The van der Waals surface area contributed by atoms with Crippen LogP contribution in [-0.2, 0) is 4.79 Å². The number of hydrogen-bond donors (Lipinski definition) is 2. The first kappa shape index (κ1) is 12.1. The van der Waals surface area contributed by atoms with Crippen molar-refractivity contribution in [2.45, 2.75) is 37.6 Å². The number of benzene rings is 1. The molecule has 0 aliphatic heterocycles. The number of amides is 1. The molecular formula is C14H20N2O. The molecule has 0 heterocycles. The van der Waals surface area contributed by atoms with Crippen LogP contribution in [0, 0.1) is 0 Å². The third-order valence-electron chi connectivity index (χ3n) is 3.64. The number of carbonyl (C=O) groups excluding carboxylic acids is 1. The smallest absolute Gasteiger partial charge is 0.229 e. The molecule has 1 saturated carbocycles. The Bertz CT molecular complexity index is 384. The van der Waals surface area contributed by atoms with Crippen molar-refractivity contribution in [1.29, 1.82) is 0 Å². The van der Waals surface area contributed by atoms with Crippen LogP contribution in [0.3, 0.4) is 0 Å². The largest absolute Gasteiger partial charge is 0.350 e. The zero-order chi connectivity index (χ0) is 12.3. The van der Waals surface area contributed by atoms with Crippen LogP contribution in [0.4, 0.5) is 0 Å². The molecule has 0 bridgehead atoms. The topological polar surface area (TPSA) is 55.1 Å². The second-order valence-electron chi connectivity index (χ2n) is 5.10. The molecule has 0 aromatic heterocycles. The molecule has 3 N–H and O–H groups in total. The fraction of sp³-hybridized carbons (Fsp3) is 0.500. The van der Waals surface area contributed by atoms with Crippen LogP contribution in [-0.4, -0.2) is 18.0 Å². The Morgan fingerprint density at radius 3 is 2.53 bits per heavy atom. The molecule has 0 radical (unpaired) electrons. The standard InChI is InChI=1S/C14H20N2O/c1-14(8-5-9-14)16-13(17)12(10-15)11-6-3-2-4-7-11/h2-4,6-7,12H,5,8-10,15H2,1H3,(H,16,17). The number of rotatable bonds is 4. The molecular weight excluding hydrogens is 212 g/mol. The minimum atomic E-state index is -0.228. The van der Waals surface area contributed by atoms with Gasteiger partial charge in [0.05, 0.1) is 5.92 Å². The zero-order valence-corrected chi connectivity index (χ0v) is 10.3. The van der Waals surface area contributed by atoms with Gasteiger partial charge in [0.1, 0.15) is 0 Å². The zero-order valence-electron chi connectivity index (χ0n) is 10.3. The summed E-state index contributed by atoms with van der Waals surface area (Å²) < 4.78 is 0. The molecule has 1 aliphatic rings. The summed E-state index contributed by atoms with van der Waals surface area (Å²) in [6.07, 6.45) is 3.35. The van der Waals surface area contributed by atoms with Crippen molar-refractivity contribution >= 4 is 5.91 Å². The van der Waals surface area contributed by atoms with E-state index in [-0.39, 0.29) is 17.4 Å². The molecule has 1 aromatic carbocycles. The third kappa shape index (κ3) is 2.67. The van der Waals surface area contributed by atoms with Crippen molar-refractivity contribution in [1.82, 2.24) is 5.32 Å². The maximum Gasteiger partial charge on any atom is 0.229 e. The van der Waals surface area contributed by atoms with Crippen LogP contribution in [0.5, 0.6) is 0 Å². The first-order valence-electron chi connectivity index (χ1n) is 6.22. The van der Waals surface area contributed by atoms with Gasteiger partial charge in [0, 0.05) is 12.1 Å². The fourth-order valence-electron chi connectivity index (χ4n) is 2.30.